The number of halogens is 3. The van der Waals surface area contributed by atoms with E-state index in [1.54, 1.807) is 5.32 Å². The highest BCUT2D eigenvalue weighted by Gasteiger charge is 2.65. The minimum Gasteiger partial charge on any atom is -0.393 e. The highest BCUT2D eigenvalue weighted by Crippen LogP contribution is 2.50. The molecule has 1 atom stereocenters. The van der Waals surface area contributed by atoms with Crippen molar-refractivity contribution in [2.75, 3.05) is 6.54 Å². The van der Waals surface area contributed by atoms with Gasteiger partial charge in [0.05, 0.1) is 4.99 Å². The van der Waals surface area contributed by atoms with E-state index in [1.165, 1.54) is 0 Å². The Bertz CT molecular complexity index is 490. The third-order valence-corrected chi connectivity index (χ3v) is 3.99. The van der Waals surface area contributed by atoms with Crippen LogP contribution < -0.4 is 11.1 Å². The summed E-state index contributed by atoms with van der Waals surface area (Å²) < 4.78 is 38.7. The van der Waals surface area contributed by atoms with Gasteiger partial charge < -0.3 is 11.1 Å². The summed E-state index contributed by atoms with van der Waals surface area (Å²) in [6.45, 7) is 0.584. The minimum absolute atomic E-state index is 0.0827. The Morgan fingerprint density at radius 3 is 2.35 bits per heavy atom. The Morgan fingerprint density at radius 2 is 2.00 bits per heavy atom. The van der Waals surface area contributed by atoms with Gasteiger partial charge in [0.15, 0.2) is 0 Å². The van der Waals surface area contributed by atoms with Gasteiger partial charge in [-0.1, -0.05) is 12.2 Å². The maximum Gasteiger partial charge on any atom is 0.420 e. The fourth-order valence-corrected chi connectivity index (χ4v) is 2.61. The Balaban J connectivity index is 2.17. The highest BCUT2D eigenvalue weighted by atomic mass is 32.1. The molecule has 3 amide bonds. The molecule has 1 unspecified atom stereocenters. The fraction of sp³-hybridized carbons (Fsp3) is 0.727. The molecule has 9 heteroatoms. The number of nitrogens with two attached hydrogens (primary N) is 1. The first-order chi connectivity index (χ1) is 9.01. The van der Waals surface area contributed by atoms with E-state index in [1.807, 2.05) is 0 Å². The van der Waals surface area contributed by atoms with Crippen LogP contribution in [-0.2, 0) is 4.79 Å². The summed E-state index contributed by atoms with van der Waals surface area (Å²) in [6, 6.07) is -1.02. The van der Waals surface area contributed by atoms with Crippen LogP contribution in [0, 0.1) is 5.41 Å². The van der Waals surface area contributed by atoms with Crippen LogP contribution in [-0.4, -0.2) is 40.1 Å². The van der Waals surface area contributed by atoms with E-state index < -0.39 is 29.1 Å². The summed E-state index contributed by atoms with van der Waals surface area (Å²) in [5.41, 5.74) is 2.13. The molecule has 1 saturated carbocycles. The molecular formula is C11H14F3N3O2S. The third kappa shape index (κ3) is 2.34. The molecule has 1 aliphatic heterocycles. The second kappa shape index (κ2) is 4.31. The largest absolute Gasteiger partial charge is 0.420 e. The van der Waals surface area contributed by atoms with Gasteiger partial charge in [-0.2, -0.15) is 13.2 Å². The summed E-state index contributed by atoms with van der Waals surface area (Å²) in [4.78, 5) is 24.5. The molecule has 0 aromatic carbocycles. The average Bonchev–Trinajstić information content (AvgIpc) is 2.97. The molecule has 2 rings (SSSR count). The number of amides is 3. The standard InChI is InChI=1S/C11H14F3N3O2S/c1-9(11(12,13)14)7(18)17(8(19)16-9)5-10(2-3-10)4-6(15)20/h2-5H2,1H3,(H2,15,20)(H,16,19). The molecular weight excluding hydrogens is 295 g/mol. The number of alkyl halides is 3. The van der Waals surface area contributed by atoms with E-state index in [-0.39, 0.29) is 11.5 Å². The Labute approximate surface area is 118 Å². The second-order valence-corrected chi connectivity index (χ2v) is 6.11. The number of urea groups is 1. The number of thiocarbonyl (C=S) groups is 1. The van der Waals surface area contributed by atoms with Crippen LogP contribution in [0.2, 0.25) is 0 Å². The summed E-state index contributed by atoms with van der Waals surface area (Å²) in [7, 11) is 0. The summed E-state index contributed by atoms with van der Waals surface area (Å²) in [5.74, 6) is -1.27. The minimum atomic E-state index is -4.84. The number of rotatable bonds is 4. The van der Waals surface area contributed by atoms with Crippen LogP contribution in [0.25, 0.3) is 0 Å². The Kier molecular flexibility index (Phi) is 3.23. The summed E-state index contributed by atoms with van der Waals surface area (Å²) in [5, 5.41) is 1.72. The predicted octanol–water partition coefficient (Wildman–Crippen LogP) is 1.32. The molecule has 3 N–H and O–H groups in total. The average molecular weight is 309 g/mol. The molecule has 0 spiro atoms. The quantitative estimate of drug-likeness (QED) is 0.606. The molecule has 1 saturated heterocycles. The van der Waals surface area contributed by atoms with Crippen molar-refractivity contribution in [2.45, 2.75) is 37.9 Å². The van der Waals surface area contributed by atoms with Crippen molar-refractivity contribution in [2.24, 2.45) is 11.1 Å². The third-order valence-electron chi connectivity index (χ3n) is 3.84. The van der Waals surface area contributed by atoms with Gasteiger partial charge in [-0.3, -0.25) is 9.69 Å². The zero-order valence-electron chi connectivity index (χ0n) is 10.7. The van der Waals surface area contributed by atoms with Crippen LogP contribution in [0.15, 0.2) is 0 Å². The molecule has 112 valence electrons. The van der Waals surface area contributed by atoms with Gasteiger partial charge >= 0.3 is 12.2 Å². The molecule has 5 nitrogen and oxygen atoms in total. The van der Waals surface area contributed by atoms with Crippen molar-refractivity contribution in [3.8, 4) is 0 Å². The summed E-state index contributed by atoms with van der Waals surface area (Å²) in [6.07, 6.45) is -3.15. The van der Waals surface area contributed by atoms with Crippen molar-refractivity contribution < 1.29 is 22.8 Å². The van der Waals surface area contributed by atoms with E-state index in [9.17, 15) is 22.8 Å². The predicted molar refractivity (Wildman–Crippen MR) is 67.8 cm³/mol. The number of nitrogens with one attached hydrogen (secondary N) is 1. The zero-order valence-corrected chi connectivity index (χ0v) is 11.5. The highest BCUT2D eigenvalue weighted by molar-refractivity contribution is 7.80. The van der Waals surface area contributed by atoms with E-state index in [0.29, 0.717) is 31.1 Å². The van der Waals surface area contributed by atoms with Crippen LogP contribution in [0.3, 0.4) is 0 Å². The fourth-order valence-electron chi connectivity index (χ4n) is 2.31. The van der Waals surface area contributed by atoms with E-state index in [0.717, 1.165) is 0 Å². The number of hydrogen-bond acceptors (Lipinski definition) is 3. The first kappa shape index (κ1) is 15.0. The molecule has 20 heavy (non-hydrogen) atoms. The number of carbonyl (C=O) groups excluding carboxylic acids is 2. The molecule has 0 bridgehead atoms. The molecule has 1 heterocycles. The van der Waals surface area contributed by atoms with Gasteiger partial charge in [0, 0.05) is 13.0 Å². The Morgan fingerprint density at radius 1 is 1.45 bits per heavy atom. The number of nitrogens with zero attached hydrogens (tertiary/aromatic N) is 1. The number of carbonyl (C=O) groups is 2. The SMILES string of the molecule is CC1(C(F)(F)F)NC(=O)N(CC2(CC(N)=S)CC2)C1=O. The van der Waals surface area contributed by atoms with Crippen LogP contribution in [0.1, 0.15) is 26.2 Å². The van der Waals surface area contributed by atoms with Crippen molar-refractivity contribution >= 4 is 29.1 Å². The van der Waals surface area contributed by atoms with Gasteiger partial charge in [0.1, 0.15) is 0 Å². The van der Waals surface area contributed by atoms with Crippen molar-refractivity contribution in [3.63, 3.8) is 0 Å². The van der Waals surface area contributed by atoms with Gasteiger partial charge in [0.25, 0.3) is 5.91 Å². The maximum absolute atomic E-state index is 12.9. The molecule has 1 aliphatic carbocycles. The lowest BCUT2D eigenvalue weighted by atomic mass is 9.99. The number of hydrogen-bond donors (Lipinski definition) is 2. The van der Waals surface area contributed by atoms with Crippen LogP contribution >= 0.6 is 12.2 Å². The molecule has 0 aromatic heterocycles. The van der Waals surface area contributed by atoms with E-state index >= 15 is 0 Å². The smallest absolute Gasteiger partial charge is 0.393 e. The first-order valence-corrected chi connectivity index (χ1v) is 6.41. The number of imide groups is 1. The molecule has 2 fully saturated rings. The lowest BCUT2D eigenvalue weighted by Crippen LogP contribution is -2.56. The van der Waals surface area contributed by atoms with E-state index in [4.69, 9.17) is 18.0 Å². The maximum atomic E-state index is 12.9. The first-order valence-electron chi connectivity index (χ1n) is 6.00. The molecule has 0 radical (unpaired) electrons. The van der Waals surface area contributed by atoms with Crippen molar-refractivity contribution in [1.29, 1.82) is 0 Å². The topological polar surface area (TPSA) is 75.4 Å². The Hall–Kier alpha value is -1.38. The summed E-state index contributed by atoms with van der Waals surface area (Å²) >= 11 is 4.78. The molecule has 2 aliphatic rings. The normalized spacial score (nSPS) is 28.5. The van der Waals surface area contributed by atoms with Crippen LogP contribution in [0.4, 0.5) is 18.0 Å². The van der Waals surface area contributed by atoms with Gasteiger partial charge in [0.2, 0.25) is 5.54 Å². The van der Waals surface area contributed by atoms with Gasteiger partial charge in [-0.25, -0.2) is 4.79 Å². The second-order valence-electron chi connectivity index (χ2n) is 5.59. The van der Waals surface area contributed by atoms with E-state index in [2.05, 4.69) is 0 Å². The zero-order chi connectivity index (χ0) is 15.3. The van der Waals surface area contributed by atoms with Crippen LogP contribution in [0.5, 0.6) is 0 Å². The van der Waals surface area contributed by atoms with Crippen molar-refractivity contribution in [1.82, 2.24) is 10.2 Å². The van der Waals surface area contributed by atoms with Crippen molar-refractivity contribution in [3.05, 3.63) is 0 Å². The monoisotopic (exact) mass is 309 g/mol. The van der Waals surface area contributed by atoms with Gasteiger partial charge in [-0.15, -0.1) is 0 Å². The molecule has 0 aromatic rings. The lowest BCUT2D eigenvalue weighted by molar-refractivity contribution is -0.191. The lowest BCUT2D eigenvalue weighted by Gasteiger charge is -2.25. The van der Waals surface area contributed by atoms with Gasteiger partial charge in [-0.05, 0) is 25.2 Å².